The van der Waals surface area contributed by atoms with Gasteiger partial charge >= 0.3 is 0 Å². The number of anilines is 1. The fourth-order valence-corrected chi connectivity index (χ4v) is 3.19. The summed E-state index contributed by atoms with van der Waals surface area (Å²) in [6.45, 7) is 3.35. The van der Waals surface area contributed by atoms with Crippen molar-refractivity contribution in [3.63, 3.8) is 0 Å². The van der Waals surface area contributed by atoms with Gasteiger partial charge in [-0.1, -0.05) is 0 Å². The number of ether oxygens (including phenoxy) is 1. The molecule has 28 heavy (non-hydrogen) atoms. The van der Waals surface area contributed by atoms with E-state index in [4.69, 9.17) is 4.74 Å². The number of hydrogen-bond donors (Lipinski definition) is 1. The Morgan fingerprint density at radius 2 is 1.89 bits per heavy atom. The maximum atomic E-state index is 13.9. The molecule has 1 N–H and O–H groups in total. The number of rotatable bonds is 7. The Morgan fingerprint density at radius 3 is 2.50 bits per heavy atom. The number of nitrogens with one attached hydrogen (secondary N) is 1. The molecule has 0 amide bonds. The van der Waals surface area contributed by atoms with Gasteiger partial charge in [0.1, 0.15) is 21.5 Å². The molecule has 0 bridgehead atoms. The Kier molecular flexibility index (Phi) is 10.4. The number of halogens is 3. The standard InChI is InChI=1S/C17H26F2N4O3S.HI/c1-20-17(21-5-10-26-11-12-27(2,24)25)23-8-6-22(7-9-23)16-13-14(18)3-4-15(16)19;/h3-4,13H,5-12H2,1-2H3,(H,20,21);1H. The normalized spacial score (nSPS) is 15.4. The highest BCUT2D eigenvalue weighted by Crippen LogP contribution is 2.21. The molecule has 0 radical (unpaired) electrons. The van der Waals surface area contributed by atoms with Crippen LogP contribution in [-0.2, 0) is 14.6 Å². The first kappa shape index (κ1) is 24.8. The quantitative estimate of drug-likeness (QED) is 0.248. The van der Waals surface area contributed by atoms with Gasteiger partial charge in [0, 0.05) is 52.1 Å². The summed E-state index contributed by atoms with van der Waals surface area (Å²) < 4.78 is 54.6. The number of guanidine groups is 1. The van der Waals surface area contributed by atoms with Crippen LogP contribution in [0.15, 0.2) is 23.2 Å². The zero-order chi connectivity index (χ0) is 19.9. The van der Waals surface area contributed by atoms with Crippen molar-refractivity contribution in [1.29, 1.82) is 0 Å². The van der Waals surface area contributed by atoms with Crippen LogP contribution in [0.5, 0.6) is 0 Å². The molecule has 160 valence electrons. The summed E-state index contributed by atoms with van der Waals surface area (Å²) in [5.74, 6) is -0.192. The molecule has 0 atom stereocenters. The number of hydrogen-bond acceptors (Lipinski definition) is 5. The van der Waals surface area contributed by atoms with E-state index < -0.39 is 21.5 Å². The number of sulfone groups is 1. The van der Waals surface area contributed by atoms with E-state index in [0.717, 1.165) is 12.1 Å². The first-order valence-corrected chi connectivity index (χ1v) is 10.8. The summed E-state index contributed by atoms with van der Waals surface area (Å²) in [5, 5.41) is 3.16. The van der Waals surface area contributed by atoms with E-state index in [9.17, 15) is 17.2 Å². The molecule has 1 aromatic rings. The monoisotopic (exact) mass is 532 g/mol. The topological polar surface area (TPSA) is 74.2 Å². The van der Waals surface area contributed by atoms with Gasteiger partial charge in [0.2, 0.25) is 0 Å². The molecule has 1 aromatic carbocycles. The molecule has 0 aliphatic carbocycles. The van der Waals surface area contributed by atoms with Gasteiger partial charge in [-0.25, -0.2) is 17.2 Å². The van der Waals surface area contributed by atoms with Crippen molar-refractivity contribution in [3.8, 4) is 0 Å². The average Bonchev–Trinajstić information content (AvgIpc) is 2.62. The van der Waals surface area contributed by atoms with Crippen LogP contribution in [0.25, 0.3) is 0 Å². The Labute approximate surface area is 182 Å². The van der Waals surface area contributed by atoms with Crippen LogP contribution in [0.2, 0.25) is 0 Å². The predicted molar refractivity (Wildman–Crippen MR) is 117 cm³/mol. The number of piperazine rings is 1. The van der Waals surface area contributed by atoms with E-state index in [1.807, 2.05) is 9.80 Å². The van der Waals surface area contributed by atoms with Crippen molar-refractivity contribution in [3.05, 3.63) is 29.8 Å². The first-order chi connectivity index (χ1) is 12.8. The molecule has 0 spiro atoms. The summed E-state index contributed by atoms with van der Waals surface area (Å²) in [6.07, 6.45) is 1.17. The van der Waals surface area contributed by atoms with Gasteiger partial charge in [0.25, 0.3) is 0 Å². The van der Waals surface area contributed by atoms with E-state index in [0.29, 0.717) is 45.3 Å². The summed E-state index contributed by atoms with van der Waals surface area (Å²) in [6, 6.07) is 3.46. The van der Waals surface area contributed by atoms with E-state index in [1.54, 1.807) is 7.05 Å². The molecule has 0 aromatic heterocycles. The van der Waals surface area contributed by atoms with Gasteiger partial charge in [0.15, 0.2) is 5.96 Å². The van der Waals surface area contributed by atoms with Crippen LogP contribution in [0.4, 0.5) is 14.5 Å². The van der Waals surface area contributed by atoms with Crippen molar-refractivity contribution in [2.75, 3.05) is 69.9 Å². The Hall–Kier alpha value is -1.21. The van der Waals surface area contributed by atoms with Crippen LogP contribution in [0, 0.1) is 11.6 Å². The smallest absolute Gasteiger partial charge is 0.193 e. The van der Waals surface area contributed by atoms with Gasteiger partial charge in [-0.3, -0.25) is 4.99 Å². The molecule has 1 aliphatic heterocycles. The maximum Gasteiger partial charge on any atom is 0.193 e. The lowest BCUT2D eigenvalue weighted by atomic mass is 10.2. The highest BCUT2D eigenvalue weighted by molar-refractivity contribution is 14.0. The first-order valence-electron chi connectivity index (χ1n) is 8.71. The SMILES string of the molecule is CN=C(NCCOCCS(C)(=O)=O)N1CCN(c2cc(F)ccc2F)CC1.I. The molecule has 11 heteroatoms. The number of benzene rings is 1. The van der Waals surface area contributed by atoms with Crippen LogP contribution in [-0.4, -0.2) is 84.3 Å². The molecule has 0 unspecified atom stereocenters. The lowest BCUT2D eigenvalue weighted by Crippen LogP contribution is -2.53. The molecular formula is C17H27F2IN4O3S. The van der Waals surface area contributed by atoms with E-state index in [2.05, 4.69) is 10.3 Å². The molecule has 1 aliphatic rings. The molecule has 1 saturated heterocycles. The second-order valence-electron chi connectivity index (χ2n) is 6.29. The molecule has 1 fully saturated rings. The minimum atomic E-state index is -3.02. The number of aliphatic imine (C=N–C) groups is 1. The minimum Gasteiger partial charge on any atom is -0.379 e. The van der Waals surface area contributed by atoms with Gasteiger partial charge in [0.05, 0.1) is 24.7 Å². The van der Waals surface area contributed by atoms with E-state index in [-0.39, 0.29) is 42.0 Å². The van der Waals surface area contributed by atoms with E-state index in [1.165, 1.54) is 12.3 Å². The van der Waals surface area contributed by atoms with Crippen molar-refractivity contribution >= 4 is 45.5 Å². The summed E-state index contributed by atoms with van der Waals surface area (Å²) >= 11 is 0. The van der Waals surface area contributed by atoms with Crippen LogP contribution in [0.3, 0.4) is 0 Å². The minimum absolute atomic E-state index is 0. The Morgan fingerprint density at radius 1 is 1.21 bits per heavy atom. The third-order valence-corrected chi connectivity index (χ3v) is 5.08. The Bertz CT molecular complexity index is 757. The second-order valence-corrected chi connectivity index (χ2v) is 8.55. The average molecular weight is 532 g/mol. The lowest BCUT2D eigenvalue weighted by molar-refractivity contribution is 0.153. The zero-order valence-corrected chi connectivity index (χ0v) is 19.2. The Balaban J connectivity index is 0.00000392. The van der Waals surface area contributed by atoms with Crippen LogP contribution < -0.4 is 10.2 Å². The van der Waals surface area contributed by atoms with Crippen molar-refractivity contribution in [2.45, 2.75) is 0 Å². The summed E-state index contributed by atoms with van der Waals surface area (Å²) in [7, 11) is -1.34. The summed E-state index contributed by atoms with van der Waals surface area (Å²) in [4.78, 5) is 8.07. The van der Waals surface area contributed by atoms with Gasteiger partial charge in [-0.2, -0.15) is 0 Å². The molecule has 1 heterocycles. The molecular weight excluding hydrogens is 505 g/mol. The fourth-order valence-electron chi connectivity index (χ4n) is 2.77. The molecule has 2 rings (SSSR count). The van der Waals surface area contributed by atoms with Crippen molar-refractivity contribution in [1.82, 2.24) is 10.2 Å². The van der Waals surface area contributed by atoms with E-state index >= 15 is 0 Å². The third-order valence-electron chi connectivity index (χ3n) is 4.17. The van der Waals surface area contributed by atoms with Crippen molar-refractivity contribution in [2.24, 2.45) is 4.99 Å². The second kappa shape index (κ2) is 11.7. The van der Waals surface area contributed by atoms with Gasteiger partial charge < -0.3 is 19.9 Å². The number of nitrogens with zero attached hydrogens (tertiary/aromatic N) is 3. The van der Waals surface area contributed by atoms with Crippen molar-refractivity contribution < 1.29 is 21.9 Å². The van der Waals surface area contributed by atoms with Crippen LogP contribution >= 0.6 is 24.0 Å². The van der Waals surface area contributed by atoms with Gasteiger partial charge in [-0.05, 0) is 12.1 Å². The summed E-state index contributed by atoms with van der Waals surface area (Å²) in [5.41, 5.74) is 0.275. The molecule has 0 saturated carbocycles. The highest BCUT2D eigenvalue weighted by atomic mass is 127. The fraction of sp³-hybridized carbons (Fsp3) is 0.588. The highest BCUT2D eigenvalue weighted by Gasteiger charge is 2.21. The van der Waals surface area contributed by atoms with Crippen LogP contribution in [0.1, 0.15) is 0 Å². The maximum absolute atomic E-state index is 13.9. The lowest BCUT2D eigenvalue weighted by Gasteiger charge is -2.37. The largest absolute Gasteiger partial charge is 0.379 e. The predicted octanol–water partition coefficient (Wildman–Crippen LogP) is 1.34. The zero-order valence-electron chi connectivity index (χ0n) is 16.0. The molecule has 7 nitrogen and oxygen atoms in total. The third kappa shape index (κ3) is 8.03. The van der Waals surface area contributed by atoms with Gasteiger partial charge in [-0.15, -0.1) is 24.0 Å².